The fraction of sp³-hybridized carbons (Fsp3) is 0.125. The topological polar surface area (TPSA) is 95.5 Å². The molecule has 0 bridgehead atoms. The van der Waals surface area contributed by atoms with Gasteiger partial charge < -0.3 is 19.7 Å². The smallest absolute Gasteiger partial charge is 0.331 e. The first-order chi connectivity index (χ1) is 15.4. The number of aromatic amines is 1. The van der Waals surface area contributed by atoms with Gasteiger partial charge in [-0.05, 0) is 60.2 Å². The van der Waals surface area contributed by atoms with Crippen LogP contribution in [0.5, 0.6) is 5.75 Å². The molecule has 0 aliphatic rings. The van der Waals surface area contributed by atoms with Gasteiger partial charge in [-0.3, -0.25) is 4.79 Å². The number of carboxylic acids is 1. The molecule has 0 aliphatic heterocycles. The second-order valence-corrected chi connectivity index (χ2v) is 7.26. The lowest BCUT2D eigenvalue weighted by Gasteiger charge is -2.25. The largest absolute Gasteiger partial charge is 0.497 e. The number of likely N-dealkylation sites (N-methyl/N-ethyl adjacent to an activating group) is 1. The quantitative estimate of drug-likeness (QED) is 0.473. The van der Waals surface area contributed by atoms with Crippen molar-refractivity contribution < 1.29 is 23.8 Å². The van der Waals surface area contributed by atoms with E-state index in [4.69, 9.17) is 4.74 Å². The zero-order valence-corrected chi connectivity index (χ0v) is 17.4. The predicted octanol–water partition coefficient (Wildman–Crippen LogP) is 4.28. The van der Waals surface area contributed by atoms with Gasteiger partial charge in [0.15, 0.2) is 6.04 Å². The Morgan fingerprint density at radius 3 is 2.53 bits per heavy atom. The Morgan fingerprint density at radius 2 is 1.84 bits per heavy atom. The highest BCUT2D eigenvalue weighted by atomic mass is 19.1. The highest BCUT2D eigenvalue weighted by Crippen LogP contribution is 2.27. The first-order valence-electron chi connectivity index (χ1n) is 9.77. The van der Waals surface area contributed by atoms with Gasteiger partial charge in [-0.15, -0.1) is 0 Å². The molecule has 4 rings (SSSR count). The second-order valence-electron chi connectivity index (χ2n) is 7.26. The molecular weight excluding hydrogens is 413 g/mol. The Balaban J connectivity index is 1.65. The molecule has 2 N–H and O–H groups in total. The van der Waals surface area contributed by atoms with Crippen molar-refractivity contribution in [2.75, 3.05) is 14.2 Å². The number of fused-ring (bicyclic) bond motifs is 1. The molecule has 162 valence electrons. The number of nitrogens with zero attached hydrogens (tertiary/aromatic N) is 2. The van der Waals surface area contributed by atoms with Crippen LogP contribution in [0.3, 0.4) is 0 Å². The molecule has 32 heavy (non-hydrogen) atoms. The van der Waals surface area contributed by atoms with Crippen molar-refractivity contribution in [2.45, 2.75) is 6.04 Å². The summed E-state index contributed by atoms with van der Waals surface area (Å²) in [5, 5.41) is 9.80. The highest BCUT2D eigenvalue weighted by molar-refractivity contribution is 5.99. The van der Waals surface area contributed by atoms with Crippen molar-refractivity contribution in [3.63, 3.8) is 0 Å². The first-order valence-corrected chi connectivity index (χ1v) is 9.77. The summed E-state index contributed by atoms with van der Waals surface area (Å²) >= 11 is 0. The fourth-order valence-corrected chi connectivity index (χ4v) is 3.55. The molecule has 8 heteroatoms. The molecule has 7 nitrogen and oxygen atoms in total. The summed E-state index contributed by atoms with van der Waals surface area (Å²) in [4.78, 5) is 33.9. The number of hydrogen-bond acceptors (Lipinski definition) is 4. The van der Waals surface area contributed by atoms with Crippen LogP contribution in [0.2, 0.25) is 0 Å². The molecule has 1 unspecified atom stereocenters. The molecule has 4 aromatic rings. The monoisotopic (exact) mass is 433 g/mol. The Morgan fingerprint density at radius 1 is 1.09 bits per heavy atom. The number of carbonyl (C=O) groups excluding carboxylic acids is 1. The summed E-state index contributed by atoms with van der Waals surface area (Å²) in [6.07, 6.45) is 0. The van der Waals surface area contributed by atoms with E-state index in [1.165, 1.54) is 31.2 Å². The van der Waals surface area contributed by atoms with Gasteiger partial charge in [0.05, 0.1) is 18.1 Å². The third-order valence-corrected chi connectivity index (χ3v) is 5.20. The number of aliphatic carboxylic acids is 1. The third kappa shape index (κ3) is 4.02. The van der Waals surface area contributed by atoms with Crippen LogP contribution in [0.25, 0.3) is 22.4 Å². The van der Waals surface area contributed by atoms with E-state index < -0.39 is 17.9 Å². The first kappa shape index (κ1) is 21.0. The van der Waals surface area contributed by atoms with Crippen LogP contribution in [0.1, 0.15) is 22.0 Å². The number of benzene rings is 3. The summed E-state index contributed by atoms with van der Waals surface area (Å²) in [6, 6.07) is 16.2. The van der Waals surface area contributed by atoms with Crippen LogP contribution in [-0.2, 0) is 4.79 Å². The van der Waals surface area contributed by atoms with Gasteiger partial charge in [-0.1, -0.05) is 12.1 Å². The lowest BCUT2D eigenvalue weighted by atomic mass is 10.0. The number of nitrogens with one attached hydrogen (secondary N) is 1. The van der Waals surface area contributed by atoms with E-state index in [2.05, 4.69) is 9.97 Å². The Bertz CT molecular complexity index is 1300. The zero-order chi connectivity index (χ0) is 22.8. The normalized spacial score (nSPS) is 11.8. The number of amides is 1. The van der Waals surface area contributed by atoms with E-state index in [-0.39, 0.29) is 5.82 Å². The van der Waals surface area contributed by atoms with Crippen molar-refractivity contribution in [2.24, 2.45) is 0 Å². The van der Waals surface area contributed by atoms with Gasteiger partial charge in [0.1, 0.15) is 17.4 Å². The molecule has 0 saturated carbocycles. The molecule has 1 amide bonds. The lowest BCUT2D eigenvalue weighted by Crippen LogP contribution is -2.35. The number of rotatable bonds is 6. The standard InChI is InChI=1S/C24H20FN3O4/c1-28(21(24(30)31)15-4-3-5-18(12-15)32-2)23(29)16-8-11-19-20(13-16)27-22(26-19)14-6-9-17(25)10-7-14/h3-13,21H,1-2H3,(H,26,27)(H,30,31). The number of carbonyl (C=O) groups is 2. The highest BCUT2D eigenvalue weighted by Gasteiger charge is 2.29. The van der Waals surface area contributed by atoms with E-state index in [9.17, 15) is 19.1 Å². The van der Waals surface area contributed by atoms with Crippen molar-refractivity contribution in [1.82, 2.24) is 14.9 Å². The number of H-pyrrole nitrogens is 1. The van der Waals surface area contributed by atoms with Crippen molar-refractivity contribution >= 4 is 22.9 Å². The summed E-state index contributed by atoms with van der Waals surface area (Å²) in [5.74, 6) is -0.917. The van der Waals surface area contributed by atoms with E-state index >= 15 is 0 Å². The maximum atomic E-state index is 13.2. The SMILES string of the molecule is COc1cccc(C(C(=O)O)N(C)C(=O)c2ccc3nc(-c4ccc(F)cc4)[nH]c3c2)c1. The number of aromatic nitrogens is 2. The van der Waals surface area contributed by atoms with Gasteiger partial charge in [0, 0.05) is 18.2 Å². The average Bonchev–Trinajstić information content (AvgIpc) is 3.22. The number of halogens is 1. The minimum Gasteiger partial charge on any atom is -0.497 e. The summed E-state index contributed by atoms with van der Waals surface area (Å²) in [5.41, 5.74) is 2.68. The minimum atomic E-state index is -1.19. The van der Waals surface area contributed by atoms with Crippen LogP contribution in [0, 0.1) is 5.82 Å². The van der Waals surface area contributed by atoms with Gasteiger partial charge in [0.2, 0.25) is 0 Å². The maximum absolute atomic E-state index is 13.2. The molecule has 0 fully saturated rings. The number of methoxy groups -OCH3 is 1. The van der Waals surface area contributed by atoms with Crippen LogP contribution in [0.4, 0.5) is 4.39 Å². The number of imidazole rings is 1. The molecule has 1 heterocycles. The molecular formula is C24H20FN3O4. The Labute approximate surface area is 183 Å². The average molecular weight is 433 g/mol. The molecule has 3 aromatic carbocycles. The number of hydrogen-bond donors (Lipinski definition) is 2. The molecule has 0 radical (unpaired) electrons. The molecule has 1 atom stereocenters. The third-order valence-electron chi connectivity index (χ3n) is 5.20. The van der Waals surface area contributed by atoms with E-state index in [0.29, 0.717) is 39.3 Å². The van der Waals surface area contributed by atoms with Crippen molar-refractivity contribution in [1.29, 1.82) is 0 Å². The summed E-state index contributed by atoms with van der Waals surface area (Å²) in [7, 11) is 2.94. The van der Waals surface area contributed by atoms with Crippen LogP contribution in [0.15, 0.2) is 66.7 Å². The Hall–Kier alpha value is -4.20. The maximum Gasteiger partial charge on any atom is 0.331 e. The Kier molecular flexibility index (Phi) is 5.59. The summed E-state index contributed by atoms with van der Waals surface area (Å²) in [6.45, 7) is 0. The molecule has 0 spiro atoms. The van der Waals surface area contributed by atoms with Crippen LogP contribution >= 0.6 is 0 Å². The van der Waals surface area contributed by atoms with E-state index in [1.54, 1.807) is 54.6 Å². The van der Waals surface area contributed by atoms with Gasteiger partial charge in [-0.25, -0.2) is 14.2 Å². The number of carboxylic acid groups (broad SMARTS) is 1. The van der Waals surface area contributed by atoms with Gasteiger partial charge in [-0.2, -0.15) is 0 Å². The molecule has 0 aliphatic carbocycles. The summed E-state index contributed by atoms with van der Waals surface area (Å²) < 4.78 is 18.4. The van der Waals surface area contributed by atoms with E-state index in [0.717, 1.165) is 0 Å². The lowest BCUT2D eigenvalue weighted by molar-refractivity contribution is -0.142. The predicted molar refractivity (Wildman–Crippen MR) is 117 cm³/mol. The van der Waals surface area contributed by atoms with Gasteiger partial charge in [0.25, 0.3) is 5.91 Å². The van der Waals surface area contributed by atoms with Crippen LogP contribution in [-0.4, -0.2) is 46.0 Å². The minimum absolute atomic E-state index is 0.309. The van der Waals surface area contributed by atoms with Crippen molar-refractivity contribution in [3.8, 4) is 17.1 Å². The van der Waals surface area contributed by atoms with Gasteiger partial charge >= 0.3 is 5.97 Å². The second kappa shape index (κ2) is 8.50. The molecule has 0 saturated heterocycles. The van der Waals surface area contributed by atoms with Crippen molar-refractivity contribution in [3.05, 3.63) is 83.7 Å². The zero-order valence-electron chi connectivity index (χ0n) is 17.4. The fourth-order valence-electron chi connectivity index (χ4n) is 3.55. The number of ether oxygens (including phenoxy) is 1. The molecule has 1 aromatic heterocycles. The van der Waals surface area contributed by atoms with Crippen LogP contribution < -0.4 is 4.74 Å². The van der Waals surface area contributed by atoms with E-state index in [1.807, 2.05) is 0 Å².